The summed E-state index contributed by atoms with van der Waals surface area (Å²) in [5.74, 6) is -0.223. The van der Waals surface area contributed by atoms with Crippen molar-refractivity contribution in [2.45, 2.75) is 12.8 Å². The largest absolute Gasteiger partial charge is 0.325 e. The van der Waals surface area contributed by atoms with E-state index in [0.29, 0.717) is 34.3 Å². The Kier molecular flexibility index (Phi) is 6.76. The van der Waals surface area contributed by atoms with Gasteiger partial charge in [0.15, 0.2) is 0 Å². The highest BCUT2D eigenvalue weighted by atomic mass is 79.9. The lowest BCUT2D eigenvalue weighted by Gasteiger charge is -2.14. The monoisotopic (exact) mass is 461 g/mol. The van der Waals surface area contributed by atoms with E-state index in [2.05, 4.69) is 26.2 Å². The first kappa shape index (κ1) is 19.7. The summed E-state index contributed by atoms with van der Waals surface area (Å²) in [5, 5.41) is 2.78. The number of carbonyl (C=O) groups excluding carboxylic acids is 2. The van der Waals surface area contributed by atoms with Crippen LogP contribution in [0.4, 0.5) is 5.69 Å². The molecule has 1 aromatic heterocycles. The molecule has 8 heteroatoms. The second kappa shape index (κ2) is 9.25. The number of halogens is 1. The number of benzene rings is 1. The van der Waals surface area contributed by atoms with Gasteiger partial charge in [0.25, 0.3) is 5.91 Å². The average Bonchev–Trinajstić information content (AvgIpc) is 2.92. The van der Waals surface area contributed by atoms with E-state index in [9.17, 15) is 9.59 Å². The third kappa shape index (κ3) is 5.47. The predicted octanol–water partition coefficient (Wildman–Crippen LogP) is 4.46. The highest BCUT2D eigenvalue weighted by molar-refractivity contribution is 9.10. The van der Waals surface area contributed by atoms with Crippen LogP contribution < -0.4 is 5.32 Å². The summed E-state index contributed by atoms with van der Waals surface area (Å²) in [6, 6.07) is 11.2. The lowest BCUT2D eigenvalue weighted by Crippen LogP contribution is -2.29. The number of anilines is 1. The van der Waals surface area contributed by atoms with Gasteiger partial charge in [0, 0.05) is 23.6 Å². The summed E-state index contributed by atoms with van der Waals surface area (Å²) < 4.78 is 1.51. The minimum atomic E-state index is -0.112. The molecule has 0 atom stereocenters. The van der Waals surface area contributed by atoms with E-state index in [1.54, 1.807) is 29.4 Å². The van der Waals surface area contributed by atoms with Crippen LogP contribution in [0.25, 0.3) is 6.08 Å². The Morgan fingerprint density at radius 2 is 2.07 bits per heavy atom. The highest BCUT2D eigenvalue weighted by Crippen LogP contribution is 2.32. The Morgan fingerprint density at radius 3 is 2.78 bits per heavy atom. The number of aromatic nitrogens is 1. The smallest absolute Gasteiger partial charge is 0.266 e. The number of thioether (sulfide) groups is 1. The Labute approximate surface area is 175 Å². The third-order valence-corrected chi connectivity index (χ3v) is 5.68. The molecule has 2 aromatic rings. The Morgan fingerprint density at radius 1 is 1.30 bits per heavy atom. The van der Waals surface area contributed by atoms with Gasteiger partial charge in [-0.1, -0.05) is 52.0 Å². The molecule has 138 valence electrons. The molecule has 0 unspecified atom stereocenters. The quantitative estimate of drug-likeness (QED) is 0.507. The van der Waals surface area contributed by atoms with Gasteiger partial charge in [-0.15, -0.1) is 0 Å². The summed E-state index contributed by atoms with van der Waals surface area (Å²) in [5.41, 5.74) is 1.60. The van der Waals surface area contributed by atoms with Crippen molar-refractivity contribution in [3.05, 3.63) is 63.7 Å². The molecule has 0 radical (unpaired) electrons. The van der Waals surface area contributed by atoms with E-state index in [1.807, 2.05) is 30.3 Å². The average molecular weight is 462 g/mol. The lowest BCUT2D eigenvalue weighted by molar-refractivity contribution is -0.122. The van der Waals surface area contributed by atoms with Crippen LogP contribution in [0.5, 0.6) is 0 Å². The second-order valence-corrected chi connectivity index (χ2v) is 8.37. The number of rotatable bonds is 6. The van der Waals surface area contributed by atoms with Crippen molar-refractivity contribution in [1.82, 2.24) is 9.88 Å². The molecule has 1 fully saturated rings. The maximum atomic E-state index is 12.6. The molecule has 1 aliphatic heterocycles. The first-order valence-electron chi connectivity index (χ1n) is 8.24. The molecule has 0 spiro atoms. The Hall–Kier alpha value is -2.03. The second-order valence-electron chi connectivity index (χ2n) is 5.78. The summed E-state index contributed by atoms with van der Waals surface area (Å²) in [4.78, 5) is 30.7. The van der Waals surface area contributed by atoms with Crippen molar-refractivity contribution in [1.29, 1.82) is 0 Å². The normalized spacial score (nSPS) is 15.4. The van der Waals surface area contributed by atoms with Crippen LogP contribution in [0.2, 0.25) is 0 Å². The van der Waals surface area contributed by atoms with Crippen LogP contribution in [0.15, 0.2) is 58.2 Å². The Bertz CT molecular complexity index is 886. The van der Waals surface area contributed by atoms with Gasteiger partial charge in [-0.2, -0.15) is 0 Å². The summed E-state index contributed by atoms with van der Waals surface area (Å²) in [7, 11) is 0. The zero-order chi connectivity index (χ0) is 19.2. The molecule has 1 aliphatic rings. The topological polar surface area (TPSA) is 62.3 Å². The summed E-state index contributed by atoms with van der Waals surface area (Å²) in [6.07, 6.45) is 5.90. The van der Waals surface area contributed by atoms with E-state index in [4.69, 9.17) is 12.2 Å². The van der Waals surface area contributed by atoms with Crippen LogP contribution in [0.1, 0.15) is 18.4 Å². The van der Waals surface area contributed by atoms with Gasteiger partial charge in [0.1, 0.15) is 4.32 Å². The molecule has 0 aliphatic carbocycles. The van der Waals surface area contributed by atoms with E-state index >= 15 is 0 Å². The van der Waals surface area contributed by atoms with E-state index in [1.165, 1.54) is 11.8 Å². The van der Waals surface area contributed by atoms with Crippen LogP contribution in [-0.4, -0.2) is 32.6 Å². The van der Waals surface area contributed by atoms with Crippen LogP contribution in [0, 0.1) is 0 Å². The van der Waals surface area contributed by atoms with Crippen molar-refractivity contribution < 1.29 is 9.59 Å². The number of nitrogens with zero attached hydrogens (tertiary/aromatic N) is 2. The number of hydrogen-bond donors (Lipinski definition) is 1. The van der Waals surface area contributed by atoms with Crippen LogP contribution in [0.3, 0.4) is 0 Å². The van der Waals surface area contributed by atoms with Gasteiger partial charge in [0.05, 0.1) is 16.8 Å². The standard InChI is InChI=1S/C19H16BrN3O2S2/c20-14-7-5-13(6-8-14)11-16-18(25)23(19(26)27-16)10-2-4-17(24)22-15-3-1-9-21-12-15/h1,3,5-9,11-12H,2,4,10H2,(H,22,24)/b16-11-. The van der Waals surface area contributed by atoms with Gasteiger partial charge >= 0.3 is 0 Å². The maximum absolute atomic E-state index is 12.6. The van der Waals surface area contributed by atoms with Gasteiger partial charge in [-0.3, -0.25) is 19.5 Å². The number of hydrogen-bond acceptors (Lipinski definition) is 5. The van der Waals surface area contributed by atoms with Gasteiger partial charge in [0.2, 0.25) is 5.91 Å². The molecular formula is C19H16BrN3O2S2. The lowest BCUT2D eigenvalue weighted by atomic mass is 10.2. The molecule has 3 rings (SSSR count). The molecule has 1 aromatic carbocycles. The maximum Gasteiger partial charge on any atom is 0.266 e. The van der Waals surface area contributed by atoms with Crippen LogP contribution in [-0.2, 0) is 9.59 Å². The van der Waals surface area contributed by atoms with E-state index in [-0.39, 0.29) is 11.8 Å². The molecule has 1 saturated heterocycles. The fraction of sp³-hybridized carbons (Fsp3) is 0.158. The fourth-order valence-corrected chi connectivity index (χ4v) is 4.03. The molecule has 0 bridgehead atoms. The number of pyridine rings is 1. The zero-order valence-corrected chi connectivity index (χ0v) is 17.4. The number of nitrogens with one attached hydrogen (secondary N) is 1. The first-order chi connectivity index (χ1) is 13.0. The van der Waals surface area contributed by atoms with Gasteiger partial charge in [-0.05, 0) is 42.3 Å². The molecule has 5 nitrogen and oxygen atoms in total. The SMILES string of the molecule is O=C(CCCN1C(=O)/C(=C/c2ccc(Br)cc2)SC1=S)Nc1cccnc1. The predicted molar refractivity (Wildman–Crippen MR) is 116 cm³/mol. The molecule has 2 amide bonds. The van der Waals surface area contributed by atoms with E-state index in [0.717, 1.165) is 10.0 Å². The number of thiocarbonyl (C=S) groups is 1. The fourth-order valence-electron chi connectivity index (χ4n) is 2.46. The molecule has 0 saturated carbocycles. The molecule has 27 heavy (non-hydrogen) atoms. The Balaban J connectivity index is 1.53. The number of amides is 2. The third-order valence-electron chi connectivity index (χ3n) is 3.77. The first-order valence-corrected chi connectivity index (χ1v) is 10.3. The van der Waals surface area contributed by atoms with Crippen molar-refractivity contribution in [3.8, 4) is 0 Å². The van der Waals surface area contributed by atoms with Crippen molar-refractivity contribution in [2.24, 2.45) is 0 Å². The van der Waals surface area contributed by atoms with Crippen LogP contribution >= 0.6 is 39.9 Å². The summed E-state index contributed by atoms with van der Waals surface area (Å²) >= 11 is 10.0. The molecular weight excluding hydrogens is 446 g/mol. The molecule has 1 N–H and O–H groups in total. The molecule has 2 heterocycles. The minimum absolute atomic E-state index is 0.111. The van der Waals surface area contributed by atoms with Crippen molar-refractivity contribution in [3.63, 3.8) is 0 Å². The minimum Gasteiger partial charge on any atom is -0.325 e. The zero-order valence-electron chi connectivity index (χ0n) is 14.2. The van der Waals surface area contributed by atoms with Crippen molar-refractivity contribution in [2.75, 3.05) is 11.9 Å². The van der Waals surface area contributed by atoms with E-state index < -0.39 is 0 Å². The number of carbonyl (C=O) groups is 2. The van der Waals surface area contributed by atoms with Crippen molar-refractivity contribution >= 4 is 67.8 Å². The summed E-state index contributed by atoms with van der Waals surface area (Å²) in [6.45, 7) is 0.419. The highest BCUT2D eigenvalue weighted by Gasteiger charge is 2.31. The van der Waals surface area contributed by atoms with Gasteiger partial charge in [-0.25, -0.2) is 0 Å². The van der Waals surface area contributed by atoms with Gasteiger partial charge < -0.3 is 5.32 Å².